The quantitative estimate of drug-likeness (QED) is 0.832. The first-order chi connectivity index (χ1) is 12.2. The highest BCUT2D eigenvalue weighted by Gasteiger charge is 2.25. The van der Waals surface area contributed by atoms with Crippen molar-refractivity contribution in [2.45, 2.75) is 51.5 Å². The van der Waals surface area contributed by atoms with E-state index in [1.165, 1.54) is 25.7 Å². The molecule has 0 aliphatic heterocycles. The van der Waals surface area contributed by atoms with Crippen LogP contribution in [0.5, 0.6) is 5.75 Å². The number of nitrogens with zero attached hydrogens (tertiary/aromatic N) is 2. The van der Waals surface area contributed by atoms with Gasteiger partial charge >= 0.3 is 0 Å². The van der Waals surface area contributed by atoms with E-state index in [2.05, 4.69) is 15.5 Å². The second-order valence-electron chi connectivity index (χ2n) is 6.60. The van der Waals surface area contributed by atoms with Crippen LogP contribution in [0.4, 0.5) is 0 Å². The molecular weight excluding hydrogens is 318 g/mol. The Morgan fingerprint density at radius 3 is 2.80 bits per heavy atom. The van der Waals surface area contributed by atoms with Crippen LogP contribution in [0.3, 0.4) is 0 Å². The fourth-order valence-corrected chi connectivity index (χ4v) is 3.49. The molecule has 1 aromatic heterocycles. The molecule has 1 fully saturated rings. The number of amides is 1. The Bertz CT molecular complexity index is 707. The zero-order chi connectivity index (χ0) is 17.6. The van der Waals surface area contributed by atoms with E-state index in [0.29, 0.717) is 29.8 Å². The smallest absolute Gasteiger partial charge is 0.223 e. The van der Waals surface area contributed by atoms with Crippen LogP contribution in [0, 0.1) is 12.8 Å². The molecule has 25 heavy (non-hydrogen) atoms. The summed E-state index contributed by atoms with van der Waals surface area (Å²) < 4.78 is 10.6. The molecule has 1 atom stereocenters. The third kappa shape index (κ3) is 4.38. The summed E-state index contributed by atoms with van der Waals surface area (Å²) in [6.07, 6.45) is 6.53. The van der Waals surface area contributed by atoms with Gasteiger partial charge in [-0.2, -0.15) is 4.98 Å². The Morgan fingerprint density at radius 2 is 2.12 bits per heavy atom. The van der Waals surface area contributed by atoms with Crippen molar-refractivity contribution < 1.29 is 14.1 Å². The second-order valence-corrected chi connectivity index (χ2v) is 6.60. The van der Waals surface area contributed by atoms with Crippen LogP contribution >= 0.6 is 0 Å². The molecule has 1 unspecified atom stereocenters. The van der Waals surface area contributed by atoms with Gasteiger partial charge in [0.25, 0.3) is 0 Å². The molecule has 6 nitrogen and oxygen atoms in total. The first kappa shape index (κ1) is 17.5. The molecule has 1 amide bonds. The fourth-order valence-electron chi connectivity index (χ4n) is 3.49. The van der Waals surface area contributed by atoms with Gasteiger partial charge in [-0.15, -0.1) is 0 Å². The van der Waals surface area contributed by atoms with E-state index < -0.39 is 6.04 Å². The number of hydrogen-bond donors (Lipinski definition) is 1. The van der Waals surface area contributed by atoms with E-state index in [9.17, 15) is 4.79 Å². The maximum absolute atomic E-state index is 12.5. The maximum Gasteiger partial charge on any atom is 0.223 e. The van der Waals surface area contributed by atoms with Crippen LogP contribution in [0.15, 0.2) is 28.8 Å². The Morgan fingerprint density at radius 1 is 1.36 bits per heavy atom. The van der Waals surface area contributed by atoms with Crippen molar-refractivity contribution in [3.05, 3.63) is 41.5 Å². The molecule has 134 valence electrons. The number of ether oxygens (including phenoxy) is 1. The fraction of sp³-hybridized carbons (Fsp3) is 0.526. The van der Waals surface area contributed by atoms with E-state index in [4.69, 9.17) is 9.26 Å². The SMILES string of the molecule is COc1ccccc1C(NC(=O)CCC1CCCC1)c1noc(C)n1. The van der Waals surface area contributed by atoms with Crippen molar-refractivity contribution in [1.82, 2.24) is 15.5 Å². The molecule has 1 aliphatic rings. The van der Waals surface area contributed by atoms with E-state index >= 15 is 0 Å². The van der Waals surface area contributed by atoms with Crippen LogP contribution in [-0.2, 0) is 4.79 Å². The topological polar surface area (TPSA) is 77.2 Å². The minimum atomic E-state index is -0.482. The molecule has 6 heteroatoms. The lowest BCUT2D eigenvalue weighted by Gasteiger charge is -2.19. The average Bonchev–Trinajstić information content (AvgIpc) is 3.29. The summed E-state index contributed by atoms with van der Waals surface area (Å²) in [7, 11) is 1.61. The van der Waals surface area contributed by atoms with Crippen molar-refractivity contribution >= 4 is 5.91 Å². The third-order valence-electron chi connectivity index (χ3n) is 4.81. The molecular formula is C19H25N3O3. The number of aromatic nitrogens is 2. The van der Waals surface area contributed by atoms with Gasteiger partial charge in [0.05, 0.1) is 7.11 Å². The number of rotatable bonds is 7. The molecule has 1 heterocycles. The van der Waals surface area contributed by atoms with Crippen LogP contribution in [-0.4, -0.2) is 23.2 Å². The summed E-state index contributed by atoms with van der Waals surface area (Å²) in [5.74, 6) is 2.28. The Balaban J connectivity index is 1.75. The summed E-state index contributed by atoms with van der Waals surface area (Å²) in [6.45, 7) is 1.73. The first-order valence-corrected chi connectivity index (χ1v) is 8.90. The van der Waals surface area contributed by atoms with Crippen LogP contribution in [0.25, 0.3) is 0 Å². The Hall–Kier alpha value is -2.37. The Labute approximate surface area is 148 Å². The van der Waals surface area contributed by atoms with Crippen molar-refractivity contribution in [2.24, 2.45) is 5.92 Å². The molecule has 1 aromatic carbocycles. The Kier molecular flexibility index (Phi) is 5.68. The summed E-state index contributed by atoms with van der Waals surface area (Å²) in [6, 6.07) is 7.09. The van der Waals surface area contributed by atoms with Gasteiger partial charge in [-0.3, -0.25) is 4.79 Å². The van der Waals surface area contributed by atoms with Crippen molar-refractivity contribution in [3.63, 3.8) is 0 Å². The summed E-state index contributed by atoms with van der Waals surface area (Å²) in [4.78, 5) is 16.8. The molecule has 1 N–H and O–H groups in total. The number of carbonyl (C=O) groups excluding carboxylic acids is 1. The van der Waals surface area contributed by atoms with Crippen molar-refractivity contribution in [2.75, 3.05) is 7.11 Å². The number of methoxy groups -OCH3 is 1. The van der Waals surface area contributed by atoms with Gasteiger partial charge in [-0.25, -0.2) is 0 Å². The lowest BCUT2D eigenvalue weighted by atomic mass is 10.0. The van der Waals surface area contributed by atoms with E-state index in [0.717, 1.165) is 12.0 Å². The predicted octanol–water partition coefficient (Wildman–Crippen LogP) is 3.56. The number of aryl methyl sites for hydroxylation is 1. The van der Waals surface area contributed by atoms with Crippen LogP contribution < -0.4 is 10.1 Å². The molecule has 3 rings (SSSR count). The molecule has 1 aliphatic carbocycles. The highest BCUT2D eigenvalue weighted by atomic mass is 16.5. The summed E-state index contributed by atoms with van der Waals surface area (Å²) in [5.41, 5.74) is 0.819. The molecule has 2 aromatic rings. The van der Waals surface area contributed by atoms with E-state index in [-0.39, 0.29) is 5.91 Å². The summed E-state index contributed by atoms with van der Waals surface area (Å²) >= 11 is 0. The maximum atomic E-state index is 12.5. The average molecular weight is 343 g/mol. The van der Waals surface area contributed by atoms with Gasteiger partial charge in [-0.1, -0.05) is 49.0 Å². The minimum Gasteiger partial charge on any atom is -0.496 e. The molecule has 0 spiro atoms. The number of para-hydroxylation sites is 1. The van der Waals surface area contributed by atoms with Gasteiger partial charge in [0, 0.05) is 18.9 Å². The zero-order valence-corrected chi connectivity index (χ0v) is 14.8. The number of benzene rings is 1. The first-order valence-electron chi connectivity index (χ1n) is 8.90. The largest absolute Gasteiger partial charge is 0.496 e. The second kappa shape index (κ2) is 8.14. The molecule has 0 radical (unpaired) electrons. The van der Waals surface area contributed by atoms with Gasteiger partial charge in [0.15, 0.2) is 5.82 Å². The summed E-state index contributed by atoms with van der Waals surface area (Å²) in [5, 5.41) is 7.06. The van der Waals surface area contributed by atoms with Crippen LogP contribution in [0.2, 0.25) is 0 Å². The van der Waals surface area contributed by atoms with Gasteiger partial charge in [0.1, 0.15) is 11.8 Å². The van der Waals surface area contributed by atoms with Gasteiger partial charge in [-0.05, 0) is 18.4 Å². The highest BCUT2D eigenvalue weighted by Crippen LogP contribution is 2.30. The van der Waals surface area contributed by atoms with E-state index in [1.54, 1.807) is 14.0 Å². The lowest BCUT2D eigenvalue weighted by molar-refractivity contribution is -0.121. The lowest BCUT2D eigenvalue weighted by Crippen LogP contribution is -2.30. The number of carbonyl (C=O) groups is 1. The molecule has 0 bridgehead atoms. The predicted molar refractivity (Wildman–Crippen MR) is 93.2 cm³/mol. The number of nitrogens with one attached hydrogen (secondary N) is 1. The minimum absolute atomic E-state index is 0.00487. The normalized spacial score (nSPS) is 15.9. The third-order valence-corrected chi connectivity index (χ3v) is 4.81. The van der Waals surface area contributed by atoms with Crippen molar-refractivity contribution in [3.8, 4) is 5.75 Å². The van der Waals surface area contributed by atoms with E-state index in [1.807, 2.05) is 24.3 Å². The molecule has 1 saturated carbocycles. The monoisotopic (exact) mass is 343 g/mol. The van der Waals surface area contributed by atoms with Gasteiger partial charge in [0.2, 0.25) is 11.8 Å². The zero-order valence-electron chi connectivity index (χ0n) is 14.8. The highest BCUT2D eigenvalue weighted by molar-refractivity contribution is 5.77. The van der Waals surface area contributed by atoms with Crippen LogP contribution in [0.1, 0.15) is 61.8 Å². The molecule has 0 saturated heterocycles. The van der Waals surface area contributed by atoms with Gasteiger partial charge < -0.3 is 14.6 Å². The number of hydrogen-bond acceptors (Lipinski definition) is 5. The standard InChI is InChI=1S/C19H25N3O3/c1-13-20-19(22-25-13)18(15-9-5-6-10-16(15)24-2)21-17(23)12-11-14-7-3-4-8-14/h5-6,9-10,14,18H,3-4,7-8,11-12H2,1-2H3,(H,21,23). The van der Waals surface area contributed by atoms with Crippen molar-refractivity contribution in [1.29, 1.82) is 0 Å².